The minimum absolute atomic E-state index is 0.0921. The summed E-state index contributed by atoms with van der Waals surface area (Å²) in [7, 11) is 0. The molecule has 4 nitrogen and oxygen atoms in total. The van der Waals surface area contributed by atoms with E-state index in [1.807, 2.05) is 29.2 Å². The molecule has 1 amide bonds. The molecular weight excluding hydrogens is 402 g/mol. The quantitative estimate of drug-likeness (QED) is 0.605. The van der Waals surface area contributed by atoms with Gasteiger partial charge in [-0.2, -0.15) is 0 Å². The SMILES string of the molecule is Cc1cc(N2CCN(C(=O)c3cccc(Br)c3)CC2)nc2c(C)cccc12. The van der Waals surface area contributed by atoms with Gasteiger partial charge in [-0.05, 0) is 49.2 Å². The normalized spacial score (nSPS) is 14.6. The average Bonchev–Trinajstić information content (AvgIpc) is 2.68. The van der Waals surface area contributed by atoms with Crippen molar-refractivity contribution < 1.29 is 4.79 Å². The zero-order chi connectivity index (χ0) is 19.0. The number of hydrogen-bond acceptors (Lipinski definition) is 3. The first kappa shape index (κ1) is 18.0. The Balaban J connectivity index is 1.52. The third-order valence-electron chi connectivity index (χ3n) is 5.20. The van der Waals surface area contributed by atoms with Gasteiger partial charge < -0.3 is 9.80 Å². The number of carbonyl (C=O) groups is 1. The molecule has 1 aromatic heterocycles. The van der Waals surface area contributed by atoms with Gasteiger partial charge in [0.05, 0.1) is 5.52 Å². The lowest BCUT2D eigenvalue weighted by atomic mass is 10.1. The van der Waals surface area contributed by atoms with Gasteiger partial charge in [-0.15, -0.1) is 0 Å². The van der Waals surface area contributed by atoms with Crippen molar-refractivity contribution in [2.24, 2.45) is 0 Å². The molecule has 0 unspecified atom stereocenters. The van der Waals surface area contributed by atoms with Gasteiger partial charge in [0.25, 0.3) is 5.91 Å². The molecule has 5 heteroatoms. The van der Waals surface area contributed by atoms with Crippen LogP contribution in [-0.2, 0) is 0 Å². The third kappa shape index (κ3) is 3.56. The molecule has 1 fully saturated rings. The van der Waals surface area contributed by atoms with E-state index in [1.165, 1.54) is 16.5 Å². The predicted octanol–water partition coefficient (Wildman–Crippen LogP) is 4.58. The number of fused-ring (bicyclic) bond motifs is 1. The molecule has 138 valence electrons. The van der Waals surface area contributed by atoms with E-state index >= 15 is 0 Å². The van der Waals surface area contributed by atoms with Gasteiger partial charge in [-0.3, -0.25) is 4.79 Å². The highest BCUT2D eigenvalue weighted by molar-refractivity contribution is 9.10. The first-order valence-corrected chi connectivity index (χ1v) is 9.99. The molecule has 0 radical (unpaired) electrons. The average molecular weight is 424 g/mol. The molecule has 3 aromatic rings. The van der Waals surface area contributed by atoms with Crippen molar-refractivity contribution in [2.75, 3.05) is 31.1 Å². The fourth-order valence-electron chi connectivity index (χ4n) is 3.65. The smallest absolute Gasteiger partial charge is 0.254 e. The number of halogens is 1. The van der Waals surface area contributed by atoms with Crippen LogP contribution in [0, 0.1) is 13.8 Å². The van der Waals surface area contributed by atoms with Crippen molar-refractivity contribution in [1.29, 1.82) is 0 Å². The second-order valence-corrected chi connectivity index (χ2v) is 7.97. The highest BCUT2D eigenvalue weighted by Gasteiger charge is 2.23. The van der Waals surface area contributed by atoms with Gasteiger partial charge in [0.2, 0.25) is 0 Å². The minimum atomic E-state index is 0.0921. The fraction of sp³-hybridized carbons (Fsp3) is 0.273. The lowest BCUT2D eigenvalue weighted by Crippen LogP contribution is -2.49. The number of piperazine rings is 1. The summed E-state index contributed by atoms with van der Waals surface area (Å²) in [6, 6.07) is 16.1. The largest absolute Gasteiger partial charge is 0.353 e. The molecule has 0 bridgehead atoms. The van der Waals surface area contributed by atoms with E-state index in [9.17, 15) is 4.79 Å². The Morgan fingerprint density at radius 1 is 0.963 bits per heavy atom. The number of benzene rings is 2. The lowest BCUT2D eigenvalue weighted by Gasteiger charge is -2.35. The summed E-state index contributed by atoms with van der Waals surface area (Å²) in [5.74, 6) is 1.10. The van der Waals surface area contributed by atoms with Crippen LogP contribution in [0.1, 0.15) is 21.5 Å². The number of hydrogen-bond donors (Lipinski definition) is 0. The van der Waals surface area contributed by atoms with Crippen LogP contribution in [0.5, 0.6) is 0 Å². The highest BCUT2D eigenvalue weighted by atomic mass is 79.9. The van der Waals surface area contributed by atoms with E-state index in [0.717, 1.165) is 34.5 Å². The van der Waals surface area contributed by atoms with Gasteiger partial charge in [0, 0.05) is 41.6 Å². The van der Waals surface area contributed by atoms with Gasteiger partial charge in [0.1, 0.15) is 5.82 Å². The van der Waals surface area contributed by atoms with Crippen LogP contribution in [0.2, 0.25) is 0 Å². The number of aryl methyl sites for hydroxylation is 2. The summed E-state index contributed by atoms with van der Waals surface area (Å²) >= 11 is 3.44. The number of rotatable bonds is 2. The van der Waals surface area contributed by atoms with E-state index < -0.39 is 0 Å². The standard InChI is InChI=1S/C22H22BrN3O/c1-15-5-3-8-19-16(2)13-20(24-21(15)19)25-9-11-26(12-10-25)22(27)17-6-4-7-18(23)14-17/h3-8,13-14H,9-12H2,1-2H3. The van der Waals surface area contributed by atoms with Crippen LogP contribution in [0.25, 0.3) is 10.9 Å². The second-order valence-electron chi connectivity index (χ2n) is 7.06. The molecule has 0 saturated carbocycles. The highest BCUT2D eigenvalue weighted by Crippen LogP contribution is 2.25. The van der Waals surface area contributed by atoms with Crippen LogP contribution in [-0.4, -0.2) is 42.0 Å². The summed E-state index contributed by atoms with van der Waals surface area (Å²) < 4.78 is 0.929. The lowest BCUT2D eigenvalue weighted by molar-refractivity contribution is 0.0746. The molecule has 4 rings (SSSR count). The van der Waals surface area contributed by atoms with Gasteiger partial charge >= 0.3 is 0 Å². The molecule has 2 aromatic carbocycles. The summed E-state index contributed by atoms with van der Waals surface area (Å²) in [5, 5.41) is 1.21. The summed E-state index contributed by atoms with van der Waals surface area (Å²) in [6.07, 6.45) is 0. The van der Waals surface area contributed by atoms with E-state index in [2.05, 4.69) is 58.9 Å². The molecule has 27 heavy (non-hydrogen) atoms. The first-order chi connectivity index (χ1) is 13.0. The third-order valence-corrected chi connectivity index (χ3v) is 5.69. The molecule has 0 N–H and O–H groups in total. The fourth-order valence-corrected chi connectivity index (χ4v) is 4.05. The maximum atomic E-state index is 12.7. The number of carbonyl (C=O) groups excluding carboxylic acids is 1. The Morgan fingerprint density at radius 3 is 2.44 bits per heavy atom. The number of nitrogens with zero attached hydrogens (tertiary/aromatic N) is 3. The Labute approximate surface area is 167 Å². The molecule has 0 atom stereocenters. The number of pyridine rings is 1. The van der Waals surface area contributed by atoms with Crippen LogP contribution >= 0.6 is 15.9 Å². The summed E-state index contributed by atoms with van der Waals surface area (Å²) in [5.41, 5.74) is 4.24. The summed E-state index contributed by atoms with van der Waals surface area (Å²) in [6.45, 7) is 7.25. The van der Waals surface area contributed by atoms with Crippen molar-refractivity contribution in [3.8, 4) is 0 Å². The Kier molecular flexibility index (Phi) is 4.87. The molecule has 1 aliphatic heterocycles. The molecule has 0 aliphatic carbocycles. The second kappa shape index (κ2) is 7.31. The summed E-state index contributed by atoms with van der Waals surface area (Å²) in [4.78, 5) is 21.9. The first-order valence-electron chi connectivity index (χ1n) is 9.20. The van der Waals surface area contributed by atoms with Crippen LogP contribution in [0.4, 0.5) is 5.82 Å². The Morgan fingerprint density at radius 2 is 1.70 bits per heavy atom. The monoisotopic (exact) mass is 423 g/mol. The number of anilines is 1. The maximum Gasteiger partial charge on any atom is 0.254 e. The molecular formula is C22H22BrN3O. The Hall–Kier alpha value is -2.40. The van der Waals surface area contributed by atoms with E-state index in [1.54, 1.807) is 0 Å². The van der Waals surface area contributed by atoms with Crippen LogP contribution < -0.4 is 4.90 Å². The zero-order valence-corrected chi connectivity index (χ0v) is 17.2. The van der Waals surface area contributed by atoms with Crippen molar-refractivity contribution in [3.63, 3.8) is 0 Å². The van der Waals surface area contributed by atoms with E-state index in [-0.39, 0.29) is 5.91 Å². The topological polar surface area (TPSA) is 36.4 Å². The molecule has 1 saturated heterocycles. The molecule has 2 heterocycles. The van der Waals surface area contributed by atoms with Crippen molar-refractivity contribution in [3.05, 3.63) is 69.7 Å². The van der Waals surface area contributed by atoms with Crippen molar-refractivity contribution >= 4 is 38.6 Å². The Bertz CT molecular complexity index is 1010. The van der Waals surface area contributed by atoms with Crippen molar-refractivity contribution in [2.45, 2.75) is 13.8 Å². The zero-order valence-electron chi connectivity index (χ0n) is 15.6. The van der Waals surface area contributed by atoms with Crippen LogP contribution in [0.3, 0.4) is 0 Å². The van der Waals surface area contributed by atoms with Gasteiger partial charge in [-0.25, -0.2) is 4.98 Å². The number of aromatic nitrogens is 1. The maximum absolute atomic E-state index is 12.7. The van der Waals surface area contributed by atoms with Gasteiger partial charge in [0.15, 0.2) is 0 Å². The molecule has 1 aliphatic rings. The number of amides is 1. The predicted molar refractivity (Wildman–Crippen MR) is 113 cm³/mol. The van der Waals surface area contributed by atoms with E-state index in [0.29, 0.717) is 13.1 Å². The van der Waals surface area contributed by atoms with Crippen LogP contribution in [0.15, 0.2) is 53.0 Å². The molecule has 0 spiro atoms. The minimum Gasteiger partial charge on any atom is -0.353 e. The van der Waals surface area contributed by atoms with Gasteiger partial charge in [-0.1, -0.05) is 40.2 Å². The van der Waals surface area contributed by atoms with Crippen molar-refractivity contribution in [1.82, 2.24) is 9.88 Å². The number of para-hydroxylation sites is 1. The van der Waals surface area contributed by atoms with E-state index in [4.69, 9.17) is 4.98 Å².